The summed E-state index contributed by atoms with van der Waals surface area (Å²) >= 11 is 0. The van der Waals surface area contributed by atoms with Gasteiger partial charge in [-0.25, -0.2) is 0 Å². The predicted octanol–water partition coefficient (Wildman–Crippen LogP) is 3.39. The minimum Gasteiger partial charge on any atom is -0.387 e. The summed E-state index contributed by atoms with van der Waals surface area (Å²) in [5.74, 6) is 1.62. The summed E-state index contributed by atoms with van der Waals surface area (Å²) in [5, 5.41) is 12.1. The first-order valence-corrected chi connectivity index (χ1v) is 8.53. The van der Waals surface area contributed by atoms with Crippen LogP contribution in [0.3, 0.4) is 0 Å². The highest BCUT2D eigenvalue weighted by Gasteiger charge is 2.42. The smallest absolute Gasteiger partial charge is 0.0952 e. The van der Waals surface area contributed by atoms with Gasteiger partial charge >= 0.3 is 0 Å². The van der Waals surface area contributed by atoms with Crippen molar-refractivity contribution in [2.45, 2.75) is 38.3 Å². The molecule has 1 aromatic carbocycles. The molecule has 0 aliphatic carbocycles. The lowest BCUT2D eigenvalue weighted by Gasteiger charge is -2.51. The summed E-state index contributed by atoms with van der Waals surface area (Å²) in [5.41, 5.74) is 2.01. The quantitative estimate of drug-likeness (QED) is 0.943. The number of fused-ring (bicyclic) bond motifs is 4. The lowest BCUT2D eigenvalue weighted by Crippen LogP contribution is -2.55. The Morgan fingerprint density at radius 1 is 1.32 bits per heavy atom. The van der Waals surface area contributed by atoms with E-state index in [4.69, 9.17) is 0 Å². The largest absolute Gasteiger partial charge is 0.387 e. The molecule has 5 atom stereocenters. The second kappa shape index (κ2) is 5.64. The van der Waals surface area contributed by atoms with E-state index in [2.05, 4.69) is 22.9 Å². The molecule has 2 bridgehead atoms. The fraction of sp³-hybridized carbons (Fsp3) is 0.526. The molecule has 0 amide bonds. The Morgan fingerprint density at radius 2 is 2.18 bits per heavy atom. The zero-order chi connectivity index (χ0) is 15.1. The summed E-state index contributed by atoms with van der Waals surface area (Å²) in [4.78, 5) is 6.94. The molecule has 22 heavy (non-hydrogen) atoms. The molecular formula is C19H24N2O. The first-order chi connectivity index (χ1) is 10.8. The number of pyridine rings is 1. The average Bonchev–Trinajstić information content (AvgIpc) is 2.60. The van der Waals surface area contributed by atoms with E-state index in [0.717, 1.165) is 47.8 Å². The molecule has 1 N–H and O–H groups in total. The van der Waals surface area contributed by atoms with Crippen molar-refractivity contribution in [3.63, 3.8) is 0 Å². The van der Waals surface area contributed by atoms with Crippen LogP contribution in [0, 0.1) is 11.8 Å². The first kappa shape index (κ1) is 14.2. The van der Waals surface area contributed by atoms with E-state index in [1.165, 1.54) is 12.8 Å². The van der Waals surface area contributed by atoms with Gasteiger partial charge in [-0.05, 0) is 48.9 Å². The zero-order valence-corrected chi connectivity index (χ0v) is 13.2. The Labute approximate surface area is 132 Å². The maximum Gasteiger partial charge on any atom is 0.0952 e. The topological polar surface area (TPSA) is 36.4 Å². The molecule has 0 radical (unpaired) electrons. The van der Waals surface area contributed by atoms with Gasteiger partial charge in [0.1, 0.15) is 0 Å². The average molecular weight is 296 g/mol. The molecule has 3 saturated heterocycles. The summed E-state index contributed by atoms with van der Waals surface area (Å²) < 4.78 is 0. The Kier molecular flexibility index (Phi) is 3.63. The van der Waals surface area contributed by atoms with Gasteiger partial charge in [-0.3, -0.25) is 9.88 Å². The van der Waals surface area contributed by atoms with Crippen LogP contribution in [0.1, 0.15) is 37.9 Å². The maximum atomic E-state index is 11.1. The van der Waals surface area contributed by atoms with Gasteiger partial charge in [0.15, 0.2) is 0 Å². The number of aliphatic hydroxyl groups excluding tert-OH is 1. The van der Waals surface area contributed by atoms with Crippen LogP contribution in [-0.4, -0.2) is 34.1 Å². The lowest BCUT2D eigenvalue weighted by atomic mass is 9.72. The van der Waals surface area contributed by atoms with Crippen LogP contribution in [-0.2, 0) is 0 Å². The van der Waals surface area contributed by atoms with Crippen LogP contribution in [0.2, 0.25) is 0 Å². The monoisotopic (exact) mass is 296 g/mol. The molecule has 3 nitrogen and oxygen atoms in total. The summed E-state index contributed by atoms with van der Waals surface area (Å²) in [6.07, 6.45) is 5.12. The molecule has 4 heterocycles. The lowest BCUT2D eigenvalue weighted by molar-refractivity contribution is -0.0562. The standard InChI is InChI=1S/C19H24N2O/c1-2-13-12-21-10-8-14(13)11-18(21)19(22)16-7-9-20-17-6-4-3-5-15(16)17/h3-7,9,13-14,18-19,22H,2,8,10-12H2,1H3/t13?,14?,18-,19-/m0/s1. The molecule has 3 aliphatic rings. The highest BCUT2D eigenvalue weighted by Crippen LogP contribution is 2.42. The number of rotatable bonds is 3. The number of para-hydroxylation sites is 1. The number of aromatic nitrogens is 1. The van der Waals surface area contributed by atoms with Crippen molar-refractivity contribution < 1.29 is 5.11 Å². The van der Waals surface area contributed by atoms with E-state index in [9.17, 15) is 5.11 Å². The molecular weight excluding hydrogens is 272 g/mol. The van der Waals surface area contributed by atoms with E-state index in [-0.39, 0.29) is 6.04 Å². The molecule has 3 unspecified atom stereocenters. The van der Waals surface area contributed by atoms with Gasteiger partial charge in [-0.15, -0.1) is 0 Å². The van der Waals surface area contributed by atoms with Crippen LogP contribution in [0.25, 0.3) is 10.9 Å². The van der Waals surface area contributed by atoms with Gasteiger partial charge in [-0.2, -0.15) is 0 Å². The molecule has 0 saturated carbocycles. The van der Waals surface area contributed by atoms with E-state index < -0.39 is 6.10 Å². The molecule has 5 rings (SSSR count). The van der Waals surface area contributed by atoms with Gasteiger partial charge in [0, 0.05) is 24.2 Å². The molecule has 1 aromatic heterocycles. The van der Waals surface area contributed by atoms with Gasteiger partial charge < -0.3 is 5.11 Å². The van der Waals surface area contributed by atoms with Gasteiger partial charge in [0.2, 0.25) is 0 Å². The van der Waals surface area contributed by atoms with Crippen molar-refractivity contribution in [3.8, 4) is 0 Å². The number of piperidine rings is 3. The van der Waals surface area contributed by atoms with E-state index in [1.54, 1.807) is 0 Å². The Morgan fingerprint density at radius 3 is 2.95 bits per heavy atom. The fourth-order valence-corrected chi connectivity index (χ4v) is 4.55. The molecule has 3 aliphatic heterocycles. The molecule has 3 fully saturated rings. The van der Waals surface area contributed by atoms with E-state index >= 15 is 0 Å². The third-order valence-corrected chi connectivity index (χ3v) is 5.83. The SMILES string of the molecule is CCC1CN2CCC1C[C@H]2[C@@H](O)c1ccnc2ccccc12. The van der Waals surface area contributed by atoms with Crippen LogP contribution >= 0.6 is 0 Å². The number of nitrogens with zero attached hydrogens (tertiary/aromatic N) is 2. The van der Waals surface area contributed by atoms with Crippen molar-refractivity contribution in [3.05, 3.63) is 42.1 Å². The Bertz CT molecular complexity index is 666. The van der Waals surface area contributed by atoms with Crippen LogP contribution in [0.15, 0.2) is 36.5 Å². The molecule has 3 heteroatoms. The number of aliphatic hydroxyl groups is 1. The fourth-order valence-electron chi connectivity index (χ4n) is 4.55. The van der Waals surface area contributed by atoms with Crippen molar-refractivity contribution in [2.75, 3.05) is 13.1 Å². The number of hydrogen-bond acceptors (Lipinski definition) is 3. The first-order valence-electron chi connectivity index (χ1n) is 8.53. The normalized spacial score (nSPS) is 32.3. The minimum atomic E-state index is -0.409. The second-order valence-electron chi connectivity index (χ2n) is 6.88. The zero-order valence-electron chi connectivity index (χ0n) is 13.2. The summed E-state index contributed by atoms with van der Waals surface area (Å²) in [7, 11) is 0. The third kappa shape index (κ3) is 2.24. The van der Waals surface area contributed by atoms with Crippen LogP contribution in [0.5, 0.6) is 0 Å². The minimum absolute atomic E-state index is 0.271. The molecule has 116 valence electrons. The van der Waals surface area contributed by atoms with Crippen LogP contribution < -0.4 is 0 Å². The molecule has 0 spiro atoms. The Balaban J connectivity index is 1.66. The summed E-state index contributed by atoms with van der Waals surface area (Å²) in [6, 6.07) is 10.4. The highest BCUT2D eigenvalue weighted by molar-refractivity contribution is 5.82. The third-order valence-electron chi connectivity index (χ3n) is 5.83. The van der Waals surface area contributed by atoms with E-state index in [0.29, 0.717) is 0 Å². The second-order valence-corrected chi connectivity index (χ2v) is 6.88. The van der Waals surface area contributed by atoms with Crippen molar-refractivity contribution in [1.82, 2.24) is 9.88 Å². The van der Waals surface area contributed by atoms with Crippen molar-refractivity contribution in [1.29, 1.82) is 0 Å². The molecule has 2 aromatic rings. The Hall–Kier alpha value is -1.45. The van der Waals surface area contributed by atoms with Gasteiger partial charge in [-0.1, -0.05) is 31.5 Å². The van der Waals surface area contributed by atoms with Crippen LogP contribution in [0.4, 0.5) is 0 Å². The predicted molar refractivity (Wildman–Crippen MR) is 88.6 cm³/mol. The number of hydrogen-bond donors (Lipinski definition) is 1. The van der Waals surface area contributed by atoms with Gasteiger partial charge in [0.25, 0.3) is 0 Å². The number of benzene rings is 1. The van der Waals surface area contributed by atoms with Crippen molar-refractivity contribution >= 4 is 10.9 Å². The summed E-state index contributed by atoms with van der Waals surface area (Å²) in [6.45, 7) is 4.60. The highest BCUT2D eigenvalue weighted by atomic mass is 16.3. The van der Waals surface area contributed by atoms with Gasteiger partial charge in [0.05, 0.1) is 11.6 Å². The van der Waals surface area contributed by atoms with Crippen molar-refractivity contribution in [2.24, 2.45) is 11.8 Å². The van der Waals surface area contributed by atoms with E-state index in [1.807, 2.05) is 30.5 Å². The maximum absolute atomic E-state index is 11.1.